The zero-order valence-electron chi connectivity index (χ0n) is 12.4. The third-order valence-corrected chi connectivity index (χ3v) is 3.51. The molecule has 0 saturated carbocycles. The maximum Gasteiger partial charge on any atom is 0.307 e. The second-order valence-corrected chi connectivity index (χ2v) is 5.31. The number of hydrogen-bond acceptors (Lipinski definition) is 3. The Balaban J connectivity index is 1.91. The fraction of sp³-hybridized carbons (Fsp3) is 0.375. The molecule has 1 N–H and O–H groups in total. The van der Waals surface area contributed by atoms with Crippen molar-refractivity contribution in [2.24, 2.45) is 5.92 Å². The van der Waals surface area contributed by atoms with Gasteiger partial charge >= 0.3 is 5.97 Å². The summed E-state index contributed by atoms with van der Waals surface area (Å²) in [5.41, 5.74) is -0.518. The first-order valence-electron chi connectivity index (χ1n) is 7.19. The van der Waals surface area contributed by atoms with Crippen LogP contribution in [0.15, 0.2) is 24.3 Å². The summed E-state index contributed by atoms with van der Waals surface area (Å²) in [6.45, 7) is 1.31. The number of carbonyl (C=O) groups is 2. The second-order valence-electron chi connectivity index (χ2n) is 5.31. The Morgan fingerprint density at radius 2 is 2.04 bits per heavy atom. The minimum atomic E-state index is -1.68. The number of ether oxygens (including phenoxy) is 1. The Morgan fingerprint density at radius 1 is 1.30 bits per heavy atom. The quantitative estimate of drug-likeness (QED) is 0.513. The van der Waals surface area contributed by atoms with Crippen LogP contribution in [-0.2, 0) is 14.3 Å². The van der Waals surface area contributed by atoms with Crippen molar-refractivity contribution in [1.82, 2.24) is 0 Å². The molecule has 2 atom stereocenters. The van der Waals surface area contributed by atoms with Crippen molar-refractivity contribution in [3.63, 3.8) is 0 Å². The van der Waals surface area contributed by atoms with Gasteiger partial charge in [-0.25, -0.2) is 13.2 Å². The van der Waals surface area contributed by atoms with E-state index in [2.05, 4.69) is 5.32 Å². The van der Waals surface area contributed by atoms with Gasteiger partial charge in [-0.15, -0.1) is 0 Å². The number of esters is 1. The molecule has 1 aromatic rings. The van der Waals surface area contributed by atoms with Gasteiger partial charge in [-0.2, -0.15) is 0 Å². The Kier molecular flexibility index (Phi) is 5.41. The van der Waals surface area contributed by atoms with Crippen LogP contribution in [0.1, 0.15) is 26.2 Å². The molecule has 0 fully saturated rings. The smallest absolute Gasteiger partial charge is 0.307 e. The van der Waals surface area contributed by atoms with E-state index in [1.54, 1.807) is 0 Å². The van der Waals surface area contributed by atoms with Crippen LogP contribution in [0.4, 0.5) is 18.9 Å². The number of rotatable bonds is 5. The molecule has 0 saturated heterocycles. The molecule has 0 spiro atoms. The van der Waals surface area contributed by atoms with Crippen LogP contribution in [0.25, 0.3) is 0 Å². The van der Waals surface area contributed by atoms with Crippen LogP contribution in [-0.4, -0.2) is 18.0 Å². The molecular weight excluding hydrogens is 311 g/mol. The fourth-order valence-electron chi connectivity index (χ4n) is 2.23. The third kappa shape index (κ3) is 4.34. The topological polar surface area (TPSA) is 55.4 Å². The normalized spacial score (nSPS) is 17.8. The van der Waals surface area contributed by atoms with E-state index in [0.717, 1.165) is 18.9 Å². The van der Waals surface area contributed by atoms with Crippen molar-refractivity contribution in [3.8, 4) is 0 Å². The molecule has 23 heavy (non-hydrogen) atoms. The lowest BCUT2D eigenvalue weighted by molar-refractivity contribution is -0.153. The highest BCUT2D eigenvalue weighted by molar-refractivity contribution is 5.95. The average Bonchev–Trinajstić information content (AvgIpc) is 3.00. The molecule has 1 amide bonds. The predicted octanol–water partition coefficient (Wildman–Crippen LogP) is 3.33. The SMILES string of the molecule is C[C@@H](OC(=O)C[C@H]1C=CCC1)C(=O)Nc1ccc(F)c(F)c1F. The van der Waals surface area contributed by atoms with Crippen LogP contribution in [0.5, 0.6) is 0 Å². The van der Waals surface area contributed by atoms with Crippen molar-refractivity contribution in [3.05, 3.63) is 41.7 Å². The van der Waals surface area contributed by atoms with Gasteiger partial charge in [0, 0.05) is 0 Å². The maximum absolute atomic E-state index is 13.5. The van der Waals surface area contributed by atoms with E-state index in [1.165, 1.54) is 6.92 Å². The van der Waals surface area contributed by atoms with Crippen LogP contribution < -0.4 is 5.32 Å². The molecule has 124 valence electrons. The lowest BCUT2D eigenvalue weighted by atomic mass is 10.1. The number of halogens is 3. The predicted molar refractivity (Wildman–Crippen MR) is 77.0 cm³/mol. The summed E-state index contributed by atoms with van der Waals surface area (Å²) in [5.74, 6) is -5.82. The molecule has 0 bridgehead atoms. The first-order chi connectivity index (χ1) is 10.9. The molecule has 0 heterocycles. The number of amides is 1. The second kappa shape index (κ2) is 7.30. The molecule has 2 rings (SSSR count). The molecule has 0 unspecified atom stereocenters. The first kappa shape index (κ1) is 17.1. The third-order valence-electron chi connectivity index (χ3n) is 3.51. The average molecular weight is 327 g/mol. The molecule has 1 aliphatic carbocycles. The van der Waals surface area contributed by atoms with Crippen molar-refractivity contribution in [2.75, 3.05) is 5.32 Å². The molecule has 1 aromatic carbocycles. The Hall–Kier alpha value is -2.31. The van der Waals surface area contributed by atoms with Crippen LogP contribution in [0.2, 0.25) is 0 Å². The number of anilines is 1. The summed E-state index contributed by atoms with van der Waals surface area (Å²) in [4.78, 5) is 23.6. The highest BCUT2D eigenvalue weighted by Gasteiger charge is 2.23. The van der Waals surface area contributed by atoms with Gasteiger partial charge in [0.1, 0.15) is 0 Å². The molecule has 1 aliphatic rings. The first-order valence-corrected chi connectivity index (χ1v) is 7.19. The van der Waals surface area contributed by atoms with E-state index < -0.39 is 41.1 Å². The van der Waals surface area contributed by atoms with Crippen molar-refractivity contribution >= 4 is 17.6 Å². The van der Waals surface area contributed by atoms with E-state index in [9.17, 15) is 22.8 Å². The number of hydrogen-bond donors (Lipinski definition) is 1. The number of allylic oxidation sites excluding steroid dienone is 2. The minimum absolute atomic E-state index is 0.0985. The van der Waals surface area contributed by atoms with E-state index in [0.29, 0.717) is 6.07 Å². The lowest BCUT2D eigenvalue weighted by Crippen LogP contribution is -2.30. The summed E-state index contributed by atoms with van der Waals surface area (Å²) < 4.78 is 44.3. The highest BCUT2D eigenvalue weighted by atomic mass is 19.2. The highest BCUT2D eigenvalue weighted by Crippen LogP contribution is 2.22. The summed E-state index contributed by atoms with van der Waals surface area (Å²) in [6, 6.07) is 1.58. The van der Waals surface area contributed by atoms with Gasteiger partial charge < -0.3 is 10.1 Å². The van der Waals surface area contributed by atoms with Gasteiger partial charge in [0.2, 0.25) is 0 Å². The molecule has 0 radical (unpaired) electrons. The summed E-state index contributed by atoms with van der Waals surface area (Å²) >= 11 is 0. The maximum atomic E-state index is 13.5. The Labute approximate surface area is 131 Å². The summed E-state index contributed by atoms with van der Waals surface area (Å²) in [6.07, 6.45) is 4.63. The van der Waals surface area contributed by atoms with Gasteiger partial charge in [-0.3, -0.25) is 9.59 Å². The molecule has 0 aromatic heterocycles. The Morgan fingerprint density at radius 3 is 2.70 bits per heavy atom. The van der Waals surface area contributed by atoms with Gasteiger partial charge in [-0.05, 0) is 37.8 Å². The van der Waals surface area contributed by atoms with E-state index >= 15 is 0 Å². The zero-order valence-corrected chi connectivity index (χ0v) is 12.4. The number of nitrogens with one attached hydrogen (secondary N) is 1. The minimum Gasteiger partial charge on any atom is -0.453 e. The zero-order chi connectivity index (χ0) is 17.0. The molecule has 7 heteroatoms. The lowest BCUT2D eigenvalue weighted by Gasteiger charge is -2.15. The summed E-state index contributed by atoms with van der Waals surface area (Å²) in [5, 5.41) is 2.07. The van der Waals surface area contributed by atoms with Crippen LogP contribution in [0, 0.1) is 23.4 Å². The van der Waals surface area contributed by atoms with E-state index in [4.69, 9.17) is 4.74 Å². The number of carbonyl (C=O) groups excluding carboxylic acids is 2. The van der Waals surface area contributed by atoms with Gasteiger partial charge in [0.15, 0.2) is 23.6 Å². The molecule has 0 aliphatic heterocycles. The largest absolute Gasteiger partial charge is 0.453 e. The molecule has 4 nitrogen and oxygen atoms in total. The standard InChI is InChI=1S/C16H16F3NO3/c1-9(23-13(21)8-10-4-2-3-5-10)16(22)20-12-7-6-11(17)14(18)15(12)19/h2,4,6-7,9-10H,3,5,8H2,1H3,(H,20,22)/t9-,10+/m1/s1. The van der Waals surface area contributed by atoms with E-state index in [-0.39, 0.29) is 12.3 Å². The van der Waals surface area contributed by atoms with Gasteiger partial charge in [0.25, 0.3) is 5.91 Å². The van der Waals surface area contributed by atoms with Crippen LogP contribution >= 0.6 is 0 Å². The van der Waals surface area contributed by atoms with Crippen molar-refractivity contribution in [1.29, 1.82) is 0 Å². The fourth-order valence-corrected chi connectivity index (χ4v) is 2.23. The summed E-state index contributed by atoms with van der Waals surface area (Å²) in [7, 11) is 0. The van der Waals surface area contributed by atoms with Crippen LogP contribution in [0.3, 0.4) is 0 Å². The number of benzene rings is 1. The molecular formula is C16H16F3NO3. The van der Waals surface area contributed by atoms with Crippen molar-refractivity contribution < 1.29 is 27.5 Å². The van der Waals surface area contributed by atoms with Crippen molar-refractivity contribution in [2.45, 2.75) is 32.3 Å². The monoisotopic (exact) mass is 327 g/mol. The Bertz CT molecular complexity index is 646. The van der Waals surface area contributed by atoms with Gasteiger partial charge in [0.05, 0.1) is 12.1 Å². The van der Waals surface area contributed by atoms with Gasteiger partial charge in [-0.1, -0.05) is 12.2 Å². The van der Waals surface area contributed by atoms with E-state index in [1.807, 2.05) is 12.2 Å².